The lowest BCUT2D eigenvalue weighted by Crippen LogP contribution is -2.47. The summed E-state index contributed by atoms with van der Waals surface area (Å²) in [4.78, 5) is 42.5. The van der Waals surface area contributed by atoms with Gasteiger partial charge in [-0.1, -0.05) is 0 Å². The first-order chi connectivity index (χ1) is 13.4. The van der Waals surface area contributed by atoms with E-state index in [9.17, 15) is 18.8 Å². The number of hydrogen-bond donors (Lipinski definition) is 2. The SMILES string of the molecule is O=C(O)CN1C[C@@H]2COC[C@H](C1)N(C(=O)c1cc(=O)[nH]c3cc(F)ccc13)C2. The average Bonchev–Trinajstić information content (AvgIpc) is 2.90. The van der Waals surface area contributed by atoms with Crippen LogP contribution in [0, 0.1) is 11.7 Å². The molecule has 1 aromatic heterocycles. The molecule has 2 aliphatic rings. The first kappa shape index (κ1) is 18.6. The largest absolute Gasteiger partial charge is 0.480 e. The smallest absolute Gasteiger partial charge is 0.317 e. The molecule has 2 bridgehead atoms. The Bertz CT molecular complexity index is 991. The number of pyridine rings is 1. The number of rotatable bonds is 3. The van der Waals surface area contributed by atoms with E-state index in [0.717, 1.165) is 0 Å². The van der Waals surface area contributed by atoms with Crippen molar-refractivity contribution in [3.8, 4) is 0 Å². The molecule has 28 heavy (non-hydrogen) atoms. The molecule has 1 amide bonds. The molecule has 0 radical (unpaired) electrons. The monoisotopic (exact) mass is 389 g/mol. The molecule has 0 saturated carbocycles. The van der Waals surface area contributed by atoms with E-state index in [1.807, 2.05) is 4.90 Å². The Morgan fingerprint density at radius 2 is 2.04 bits per heavy atom. The standard InChI is InChI=1S/C19H20FN3O5/c20-12-1-2-14-15(4-17(24)21-16(14)3-12)19(27)23-6-11-5-22(8-18(25)26)7-13(23)10-28-9-11/h1-4,11,13H,5-10H2,(H,21,24)(H,25,26)/t11-,13-/m0/s1. The zero-order valence-corrected chi connectivity index (χ0v) is 15.1. The van der Waals surface area contributed by atoms with Crippen LogP contribution in [-0.2, 0) is 9.53 Å². The maximum atomic E-state index is 13.5. The van der Waals surface area contributed by atoms with Crippen LogP contribution in [-0.4, -0.2) is 77.2 Å². The number of carboxylic acids is 1. The summed E-state index contributed by atoms with van der Waals surface area (Å²) in [6.45, 7) is 1.96. The molecule has 4 rings (SSSR count). The molecule has 2 aliphatic heterocycles. The maximum Gasteiger partial charge on any atom is 0.317 e. The van der Waals surface area contributed by atoms with Crippen LogP contribution >= 0.6 is 0 Å². The van der Waals surface area contributed by atoms with E-state index in [-0.39, 0.29) is 35.5 Å². The number of ether oxygens (including phenoxy) is 1. The second kappa shape index (κ2) is 7.33. The van der Waals surface area contributed by atoms with Crippen molar-refractivity contribution in [2.75, 3.05) is 39.4 Å². The van der Waals surface area contributed by atoms with E-state index in [1.165, 1.54) is 24.3 Å². The van der Waals surface area contributed by atoms with Crippen LogP contribution in [0.15, 0.2) is 29.1 Å². The number of aliphatic carboxylic acids is 1. The molecule has 2 N–H and O–H groups in total. The predicted molar refractivity (Wildman–Crippen MR) is 97.7 cm³/mol. The van der Waals surface area contributed by atoms with Crippen LogP contribution in [0.3, 0.4) is 0 Å². The maximum absolute atomic E-state index is 13.5. The van der Waals surface area contributed by atoms with Gasteiger partial charge in [-0.3, -0.25) is 19.3 Å². The van der Waals surface area contributed by atoms with Crippen LogP contribution < -0.4 is 5.56 Å². The van der Waals surface area contributed by atoms with Crippen molar-refractivity contribution in [3.63, 3.8) is 0 Å². The summed E-state index contributed by atoms with van der Waals surface area (Å²) in [5, 5.41) is 9.59. The molecule has 2 atom stereocenters. The molecular formula is C19H20FN3O5. The summed E-state index contributed by atoms with van der Waals surface area (Å²) in [6.07, 6.45) is 0. The Hall–Kier alpha value is -2.78. The number of amides is 1. The summed E-state index contributed by atoms with van der Waals surface area (Å²) in [5.41, 5.74) is -0.0171. The zero-order valence-electron chi connectivity index (χ0n) is 15.1. The number of fused-ring (bicyclic) bond motifs is 4. The van der Waals surface area contributed by atoms with E-state index < -0.39 is 17.3 Å². The lowest BCUT2D eigenvalue weighted by molar-refractivity contribution is -0.138. The third-order valence-corrected chi connectivity index (χ3v) is 5.20. The number of hydrogen-bond acceptors (Lipinski definition) is 5. The number of carboxylic acid groups (broad SMARTS) is 1. The number of nitrogens with one attached hydrogen (secondary N) is 1. The molecule has 0 spiro atoms. The number of carbonyl (C=O) groups is 2. The van der Waals surface area contributed by atoms with E-state index in [1.54, 1.807) is 4.90 Å². The Morgan fingerprint density at radius 1 is 1.21 bits per heavy atom. The molecule has 0 unspecified atom stereocenters. The number of aromatic amines is 1. The minimum Gasteiger partial charge on any atom is -0.480 e. The number of halogens is 1. The number of nitrogens with zero attached hydrogens (tertiary/aromatic N) is 2. The Kier molecular flexibility index (Phi) is 4.86. The zero-order chi connectivity index (χ0) is 19.8. The highest BCUT2D eigenvalue weighted by atomic mass is 19.1. The highest BCUT2D eigenvalue weighted by Gasteiger charge is 2.37. The summed E-state index contributed by atoms with van der Waals surface area (Å²) in [6, 6.07) is 4.81. The second-order valence-corrected chi connectivity index (χ2v) is 7.34. The molecule has 2 saturated heterocycles. The molecule has 1 aromatic carbocycles. The van der Waals surface area contributed by atoms with Crippen molar-refractivity contribution in [3.05, 3.63) is 46.0 Å². The molecular weight excluding hydrogens is 369 g/mol. The van der Waals surface area contributed by atoms with Gasteiger partial charge in [-0.05, 0) is 18.2 Å². The average molecular weight is 389 g/mol. The van der Waals surface area contributed by atoms with Crippen molar-refractivity contribution < 1.29 is 23.8 Å². The predicted octanol–water partition coefficient (Wildman–Crippen LogP) is 0.525. The van der Waals surface area contributed by atoms with Gasteiger partial charge in [0.15, 0.2) is 0 Å². The van der Waals surface area contributed by atoms with E-state index in [4.69, 9.17) is 9.84 Å². The summed E-state index contributed by atoms with van der Waals surface area (Å²) < 4.78 is 19.2. The molecule has 9 heteroatoms. The van der Waals surface area contributed by atoms with Crippen LogP contribution in [0.2, 0.25) is 0 Å². The van der Waals surface area contributed by atoms with Gasteiger partial charge in [0, 0.05) is 37.0 Å². The topological polar surface area (TPSA) is 103 Å². The first-order valence-electron chi connectivity index (χ1n) is 9.06. The van der Waals surface area contributed by atoms with E-state index >= 15 is 0 Å². The summed E-state index contributed by atoms with van der Waals surface area (Å²) in [7, 11) is 0. The van der Waals surface area contributed by atoms with Crippen LogP contribution in [0.5, 0.6) is 0 Å². The Labute approximate surface area is 159 Å². The van der Waals surface area contributed by atoms with Gasteiger partial charge in [0.05, 0.1) is 36.9 Å². The van der Waals surface area contributed by atoms with Crippen molar-refractivity contribution in [2.45, 2.75) is 6.04 Å². The quantitative estimate of drug-likeness (QED) is 0.794. The highest BCUT2D eigenvalue weighted by Crippen LogP contribution is 2.24. The minimum atomic E-state index is -0.915. The first-order valence-corrected chi connectivity index (χ1v) is 9.06. The summed E-state index contributed by atoms with van der Waals surface area (Å²) >= 11 is 0. The number of benzene rings is 1. The number of H-pyrrole nitrogens is 1. The van der Waals surface area contributed by atoms with Gasteiger partial charge in [0.2, 0.25) is 5.56 Å². The van der Waals surface area contributed by atoms with E-state index in [2.05, 4.69) is 4.98 Å². The highest BCUT2D eigenvalue weighted by molar-refractivity contribution is 6.06. The molecule has 148 valence electrons. The fourth-order valence-electron chi connectivity index (χ4n) is 4.07. The van der Waals surface area contributed by atoms with Crippen molar-refractivity contribution in [1.29, 1.82) is 0 Å². The fourth-order valence-corrected chi connectivity index (χ4v) is 4.07. The van der Waals surface area contributed by atoms with Gasteiger partial charge in [-0.2, -0.15) is 0 Å². The molecule has 3 heterocycles. The molecule has 2 fully saturated rings. The van der Waals surface area contributed by atoms with Gasteiger partial charge in [-0.15, -0.1) is 0 Å². The van der Waals surface area contributed by atoms with Crippen LogP contribution in [0.1, 0.15) is 10.4 Å². The molecule has 0 aliphatic carbocycles. The van der Waals surface area contributed by atoms with Gasteiger partial charge in [0.1, 0.15) is 5.82 Å². The molecule has 8 nitrogen and oxygen atoms in total. The number of aromatic nitrogens is 1. The van der Waals surface area contributed by atoms with E-state index in [0.29, 0.717) is 38.2 Å². The Morgan fingerprint density at radius 3 is 2.82 bits per heavy atom. The Balaban J connectivity index is 1.71. The van der Waals surface area contributed by atoms with Crippen molar-refractivity contribution in [2.24, 2.45) is 5.92 Å². The van der Waals surface area contributed by atoms with Gasteiger partial charge in [-0.25, -0.2) is 4.39 Å². The van der Waals surface area contributed by atoms with Crippen molar-refractivity contribution >= 4 is 22.8 Å². The third kappa shape index (κ3) is 3.63. The van der Waals surface area contributed by atoms with Gasteiger partial charge < -0.3 is 19.7 Å². The fraction of sp³-hybridized carbons (Fsp3) is 0.421. The lowest BCUT2D eigenvalue weighted by atomic mass is 10.1. The van der Waals surface area contributed by atoms with Gasteiger partial charge >= 0.3 is 5.97 Å². The molecule has 2 aromatic rings. The van der Waals surface area contributed by atoms with Crippen LogP contribution in [0.4, 0.5) is 4.39 Å². The van der Waals surface area contributed by atoms with Crippen LogP contribution in [0.25, 0.3) is 10.9 Å². The van der Waals surface area contributed by atoms with Crippen molar-refractivity contribution in [1.82, 2.24) is 14.8 Å². The summed E-state index contributed by atoms with van der Waals surface area (Å²) in [5.74, 6) is -1.78. The third-order valence-electron chi connectivity index (χ3n) is 5.20. The minimum absolute atomic E-state index is 0.0264. The van der Waals surface area contributed by atoms with Gasteiger partial charge in [0.25, 0.3) is 5.91 Å². The lowest BCUT2D eigenvalue weighted by Gasteiger charge is -2.30. The normalized spacial score (nSPS) is 22.8. The number of carbonyl (C=O) groups excluding carboxylic acids is 1. The second-order valence-electron chi connectivity index (χ2n) is 7.34.